The highest BCUT2D eigenvalue weighted by Crippen LogP contribution is 2.32. The molecule has 1 aliphatic carbocycles. The molecule has 1 amide bonds. The molecule has 3 nitrogen and oxygen atoms in total. The van der Waals surface area contributed by atoms with Crippen LogP contribution >= 0.6 is 0 Å². The fraction of sp³-hybridized carbons (Fsp3) is 0.900. The Hall–Kier alpha value is -0.570. The molecular formula is C10H20N2O. The molecule has 0 bridgehead atoms. The fourth-order valence-corrected chi connectivity index (χ4v) is 2.08. The number of hydrogen-bond acceptors (Lipinski definition) is 2. The van der Waals surface area contributed by atoms with Crippen LogP contribution in [0.15, 0.2) is 0 Å². The van der Waals surface area contributed by atoms with E-state index in [4.69, 9.17) is 5.73 Å². The molecule has 3 heteroatoms. The van der Waals surface area contributed by atoms with Gasteiger partial charge in [0.15, 0.2) is 0 Å². The number of carbonyl (C=O) groups is 1. The molecule has 0 aromatic carbocycles. The first-order chi connectivity index (χ1) is 6.07. The van der Waals surface area contributed by atoms with E-state index in [0.29, 0.717) is 0 Å². The number of nitrogens with two attached hydrogens (primary N) is 1. The lowest BCUT2D eigenvalue weighted by Crippen LogP contribution is -2.55. The summed E-state index contributed by atoms with van der Waals surface area (Å²) in [6.45, 7) is 4.50. The van der Waals surface area contributed by atoms with Gasteiger partial charge in [0.25, 0.3) is 0 Å². The SMILES string of the molecule is CC(C)C1CCC(N)(NC=O)CC1. The van der Waals surface area contributed by atoms with Crippen molar-refractivity contribution in [2.75, 3.05) is 0 Å². The standard InChI is InChI=1S/C10H20N2O/c1-8(2)9-3-5-10(11,6-4-9)12-7-13/h7-9H,3-6,11H2,1-2H3,(H,12,13). The van der Waals surface area contributed by atoms with E-state index in [0.717, 1.165) is 43.9 Å². The number of hydrogen-bond donors (Lipinski definition) is 2. The molecule has 1 saturated carbocycles. The minimum absolute atomic E-state index is 0.423. The van der Waals surface area contributed by atoms with Crippen LogP contribution in [0.1, 0.15) is 39.5 Å². The zero-order valence-electron chi connectivity index (χ0n) is 8.55. The van der Waals surface area contributed by atoms with Gasteiger partial charge in [0.2, 0.25) is 6.41 Å². The Kier molecular flexibility index (Phi) is 3.31. The minimum Gasteiger partial charge on any atom is -0.341 e. The lowest BCUT2D eigenvalue weighted by Gasteiger charge is -2.38. The Morgan fingerprint density at radius 1 is 1.46 bits per heavy atom. The van der Waals surface area contributed by atoms with Gasteiger partial charge in [-0.3, -0.25) is 4.79 Å². The Labute approximate surface area is 80.1 Å². The molecule has 0 spiro atoms. The van der Waals surface area contributed by atoms with Crippen molar-refractivity contribution >= 4 is 6.41 Å². The molecule has 0 aliphatic heterocycles. The summed E-state index contributed by atoms with van der Waals surface area (Å²) in [5.41, 5.74) is 5.57. The Morgan fingerprint density at radius 2 is 2.00 bits per heavy atom. The minimum atomic E-state index is -0.423. The van der Waals surface area contributed by atoms with E-state index in [1.807, 2.05) is 0 Å². The van der Waals surface area contributed by atoms with Gasteiger partial charge in [-0.25, -0.2) is 0 Å². The van der Waals surface area contributed by atoms with Crippen molar-refractivity contribution in [3.8, 4) is 0 Å². The first-order valence-electron chi connectivity index (χ1n) is 5.07. The summed E-state index contributed by atoms with van der Waals surface area (Å²) < 4.78 is 0. The fourth-order valence-electron chi connectivity index (χ4n) is 2.08. The van der Waals surface area contributed by atoms with Gasteiger partial charge in [-0.1, -0.05) is 13.8 Å². The molecule has 13 heavy (non-hydrogen) atoms. The van der Waals surface area contributed by atoms with Gasteiger partial charge in [0.05, 0.1) is 5.66 Å². The van der Waals surface area contributed by atoms with Gasteiger partial charge in [-0.05, 0) is 37.5 Å². The second-order valence-electron chi connectivity index (χ2n) is 4.50. The maximum Gasteiger partial charge on any atom is 0.208 e. The van der Waals surface area contributed by atoms with Crippen LogP contribution in [0.3, 0.4) is 0 Å². The van der Waals surface area contributed by atoms with Gasteiger partial charge in [0.1, 0.15) is 0 Å². The van der Waals surface area contributed by atoms with Crippen molar-refractivity contribution in [1.82, 2.24) is 5.32 Å². The first-order valence-corrected chi connectivity index (χ1v) is 5.07. The quantitative estimate of drug-likeness (QED) is 0.512. The van der Waals surface area contributed by atoms with Gasteiger partial charge >= 0.3 is 0 Å². The Balaban J connectivity index is 2.41. The molecule has 0 unspecified atom stereocenters. The third kappa shape index (κ3) is 2.69. The van der Waals surface area contributed by atoms with Crippen LogP contribution in [-0.4, -0.2) is 12.1 Å². The van der Waals surface area contributed by atoms with E-state index in [9.17, 15) is 4.79 Å². The highest BCUT2D eigenvalue weighted by atomic mass is 16.1. The van der Waals surface area contributed by atoms with Crippen LogP contribution in [-0.2, 0) is 4.79 Å². The number of carbonyl (C=O) groups excluding carboxylic acids is 1. The molecule has 0 aromatic rings. The van der Waals surface area contributed by atoms with Crippen LogP contribution in [0.2, 0.25) is 0 Å². The van der Waals surface area contributed by atoms with E-state index in [2.05, 4.69) is 19.2 Å². The van der Waals surface area contributed by atoms with Crippen molar-refractivity contribution in [2.24, 2.45) is 17.6 Å². The number of rotatable bonds is 3. The molecule has 1 fully saturated rings. The van der Waals surface area contributed by atoms with Crippen LogP contribution < -0.4 is 11.1 Å². The molecule has 76 valence electrons. The van der Waals surface area contributed by atoms with Gasteiger partial charge in [0, 0.05) is 0 Å². The van der Waals surface area contributed by atoms with Crippen molar-refractivity contribution in [2.45, 2.75) is 45.2 Å². The number of amides is 1. The maximum atomic E-state index is 10.3. The van der Waals surface area contributed by atoms with Crippen molar-refractivity contribution in [3.63, 3.8) is 0 Å². The smallest absolute Gasteiger partial charge is 0.208 e. The lowest BCUT2D eigenvalue weighted by atomic mass is 9.77. The van der Waals surface area contributed by atoms with Crippen molar-refractivity contribution < 1.29 is 4.79 Å². The molecule has 0 heterocycles. The van der Waals surface area contributed by atoms with E-state index < -0.39 is 5.66 Å². The summed E-state index contributed by atoms with van der Waals surface area (Å²) >= 11 is 0. The average molecular weight is 184 g/mol. The highest BCUT2D eigenvalue weighted by molar-refractivity contribution is 5.47. The van der Waals surface area contributed by atoms with Crippen molar-refractivity contribution in [3.05, 3.63) is 0 Å². The molecule has 1 rings (SSSR count). The van der Waals surface area contributed by atoms with E-state index in [1.165, 1.54) is 0 Å². The van der Waals surface area contributed by atoms with Crippen LogP contribution in [0.5, 0.6) is 0 Å². The van der Waals surface area contributed by atoms with Crippen LogP contribution in [0.25, 0.3) is 0 Å². The van der Waals surface area contributed by atoms with Crippen LogP contribution in [0, 0.1) is 11.8 Å². The predicted molar refractivity (Wildman–Crippen MR) is 52.9 cm³/mol. The lowest BCUT2D eigenvalue weighted by molar-refractivity contribution is -0.111. The summed E-state index contributed by atoms with van der Waals surface area (Å²) in [5, 5.41) is 2.72. The second-order valence-corrected chi connectivity index (χ2v) is 4.50. The van der Waals surface area contributed by atoms with Crippen molar-refractivity contribution in [1.29, 1.82) is 0 Å². The normalized spacial score (nSPS) is 34.6. The summed E-state index contributed by atoms with van der Waals surface area (Å²) in [4.78, 5) is 10.3. The molecule has 1 aliphatic rings. The molecule has 0 radical (unpaired) electrons. The summed E-state index contributed by atoms with van der Waals surface area (Å²) in [7, 11) is 0. The zero-order chi connectivity index (χ0) is 9.90. The molecule has 0 atom stereocenters. The highest BCUT2D eigenvalue weighted by Gasteiger charge is 2.31. The maximum absolute atomic E-state index is 10.3. The predicted octanol–water partition coefficient (Wildman–Crippen LogP) is 1.23. The van der Waals surface area contributed by atoms with E-state index in [1.54, 1.807) is 0 Å². The summed E-state index contributed by atoms with van der Waals surface area (Å²) in [6.07, 6.45) is 4.81. The van der Waals surface area contributed by atoms with Gasteiger partial charge < -0.3 is 11.1 Å². The average Bonchev–Trinajstić information content (AvgIpc) is 2.05. The zero-order valence-corrected chi connectivity index (χ0v) is 8.55. The second kappa shape index (κ2) is 4.09. The van der Waals surface area contributed by atoms with Gasteiger partial charge in [-0.15, -0.1) is 0 Å². The summed E-state index contributed by atoms with van der Waals surface area (Å²) in [5.74, 6) is 1.52. The Morgan fingerprint density at radius 3 is 2.38 bits per heavy atom. The third-order valence-electron chi connectivity index (χ3n) is 3.21. The number of nitrogens with one attached hydrogen (secondary N) is 1. The molecular weight excluding hydrogens is 164 g/mol. The third-order valence-corrected chi connectivity index (χ3v) is 3.21. The molecule has 0 aromatic heterocycles. The molecule has 3 N–H and O–H groups in total. The molecule has 0 saturated heterocycles. The van der Waals surface area contributed by atoms with E-state index in [-0.39, 0.29) is 0 Å². The summed E-state index contributed by atoms with van der Waals surface area (Å²) in [6, 6.07) is 0. The van der Waals surface area contributed by atoms with Crippen LogP contribution in [0.4, 0.5) is 0 Å². The monoisotopic (exact) mass is 184 g/mol. The largest absolute Gasteiger partial charge is 0.341 e. The Bertz CT molecular complexity index is 172. The first kappa shape index (κ1) is 10.5. The van der Waals surface area contributed by atoms with E-state index >= 15 is 0 Å². The van der Waals surface area contributed by atoms with Gasteiger partial charge in [-0.2, -0.15) is 0 Å². The topological polar surface area (TPSA) is 55.1 Å².